The lowest BCUT2D eigenvalue weighted by molar-refractivity contribution is 0.598. The van der Waals surface area contributed by atoms with E-state index in [0.29, 0.717) is 10.7 Å². The summed E-state index contributed by atoms with van der Waals surface area (Å²) in [6.07, 6.45) is 7.25. The summed E-state index contributed by atoms with van der Waals surface area (Å²) in [4.78, 5) is 0.0762. The number of hydrogen-bond acceptors (Lipinski definition) is 3. The fraction of sp³-hybridized carbons (Fsp3) is 0.571. The fourth-order valence-electron chi connectivity index (χ4n) is 1.95. The quantitative estimate of drug-likeness (QED) is 0.681. The Morgan fingerprint density at radius 2 is 1.80 bits per heavy atom. The molecule has 0 bridgehead atoms. The van der Waals surface area contributed by atoms with E-state index in [1.807, 2.05) is 0 Å². The van der Waals surface area contributed by atoms with Crippen molar-refractivity contribution in [1.29, 1.82) is 0 Å². The largest absolute Gasteiger partial charge is 0.384 e. The maximum atomic E-state index is 11.3. The normalized spacial score (nSPS) is 11.6. The predicted molar refractivity (Wildman–Crippen MR) is 84.7 cm³/mol. The predicted octanol–water partition coefficient (Wildman–Crippen LogP) is 3.76. The van der Waals surface area contributed by atoms with E-state index in [4.69, 9.17) is 16.7 Å². The van der Waals surface area contributed by atoms with Crippen LogP contribution in [-0.2, 0) is 10.0 Å². The second kappa shape index (κ2) is 8.49. The van der Waals surface area contributed by atoms with Gasteiger partial charge in [0.2, 0.25) is 10.0 Å². The molecule has 1 aromatic carbocycles. The number of benzene rings is 1. The first-order valence-corrected chi connectivity index (χ1v) is 8.94. The molecule has 0 amide bonds. The molecule has 1 aromatic rings. The van der Waals surface area contributed by atoms with E-state index in [1.165, 1.54) is 44.2 Å². The number of sulfonamides is 1. The van der Waals surface area contributed by atoms with Crippen molar-refractivity contribution in [3.05, 3.63) is 23.2 Å². The topological polar surface area (TPSA) is 72.2 Å². The van der Waals surface area contributed by atoms with Crippen molar-refractivity contribution in [1.82, 2.24) is 0 Å². The van der Waals surface area contributed by atoms with Crippen molar-refractivity contribution in [3.8, 4) is 0 Å². The summed E-state index contributed by atoms with van der Waals surface area (Å²) in [6.45, 7) is 2.97. The Morgan fingerprint density at radius 1 is 1.15 bits per heavy atom. The molecular weight excluding hydrogens is 296 g/mol. The van der Waals surface area contributed by atoms with Gasteiger partial charge in [0.1, 0.15) is 0 Å². The number of anilines is 1. The van der Waals surface area contributed by atoms with Crippen LogP contribution in [-0.4, -0.2) is 15.0 Å². The lowest BCUT2D eigenvalue weighted by Gasteiger charge is -2.09. The summed E-state index contributed by atoms with van der Waals surface area (Å²) in [7, 11) is -3.69. The first kappa shape index (κ1) is 17.3. The van der Waals surface area contributed by atoms with Gasteiger partial charge in [-0.15, -0.1) is 0 Å². The molecule has 0 aliphatic carbocycles. The van der Waals surface area contributed by atoms with Gasteiger partial charge in [0, 0.05) is 6.54 Å². The van der Waals surface area contributed by atoms with Gasteiger partial charge in [-0.3, -0.25) is 0 Å². The summed E-state index contributed by atoms with van der Waals surface area (Å²) in [5.41, 5.74) is 0.617. The van der Waals surface area contributed by atoms with E-state index in [9.17, 15) is 8.42 Å². The van der Waals surface area contributed by atoms with Crippen molar-refractivity contribution in [2.45, 2.75) is 50.3 Å². The number of nitrogens with one attached hydrogen (secondary N) is 1. The molecule has 0 saturated heterocycles. The Morgan fingerprint density at radius 3 is 2.45 bits per heavy atom. The molecule has 1 rings (SSSR count). The van der Waals surface area contributed by atoms with Crippen molar-refractivity contribution in [2.75, 3.05) is 11.9 Å². The SMILES string of the molecule is CCCCCCCCNc1cc(S(N)(=O)=O)ccc1Cl. The third-order valence-electron chi connectivity index (χ3n) is 3.11. The van der Waals surface area contributed by atoms with Crippen LogP contribution in [0.3, 0.4) is 0 Å². The third kappa shape index (κ3) is 6.11. The van der Waals surface area contributed by atoms with Gasteiger partial charge in [0.15, 0.2) is 0 Å². The van der Waals surface area contributed by atoms with Gasteiger partial charge in [0.05, 0.1) is 15.6 Å². The maximum Gasteiger partial charge on any atom is 0.238 e. The van der Waals surface area contributed by atoms with E-state index in [1.54, 1.807) is 6.07 Å². The summed E-state index contributed by atoms with van der Waals surface area (Å²) >= 11 is 6.03. The highest BCUT2D eigenvalue weighted by molar-refractivity contribution is 7.89. The van der Waals surface area contributed by atoms with Gasteiger partial charge in [0.25, 0.3) is 0 Å². The standard InChI is InChI=1S/C14H23ClN2O2S/c1-2-3-4-5-6-7-10-17-14-11-12(20(16,18)19)8-9-13(14)15/h8-9,11,17H,2-7,10H2,1H3,(H2,16,18,19). The van der Waals surface area contributed by atoms with Gasteiger partial charge in [-0.25, -0.2) is 13.6 Å². The molecule has 0 unspecified atom stereocenters. The van der Waals surface area contributed by atoms with E-state index in [-0.39, 0.29) is 4.90 Å². The second-order valence-electron chi connectivity index (χ2n) is 4.88. The summed E-state index contributed by atoms with van der Waals surface area (Å²) < 4.78 is 22.6. The molecule has 0 radical (unpaired) electrons. The Labute approximate surface area is 126 Å². The van der Waals surface area contributed by atoms with Crippen molar-refractivity contribution in [2.24, 2.45) is 5.14 Å². The highest BCUT2D eigenvalue weighted by atomic mass is 35.5. The number of rotatable bonds is 9. The number of hydrogen-bond donors (Lipinski definition) is 2. The van der Waals surface area contributed by atoms with Crippen molar-refractivity contribution >= 4 is 27.3 Å². The number of primary sulfonamides is 1. The van der Waals surface area contributed by atoms with Crippen LogP contribution in [0.2, 0.25) is 5.02 Å². The second-order valence-corrected chi connectivity index (χ2v) is 6.85. The van der Waals surface area contributed by atoms with Crippen LogP contribution in [0.15, 0.2) is 23.1 Å². The number of unbranched alkanes of at least 4 members (excludes halogenated alkanes) is 5. The minimum absolute atomic E-state index is 0.0762. The lowest BCUT2D eigenvalue weighted by atomic mass is 10.1. The molecule has 114 valence electrons. The zero-order valence-electron chi connectivity index (χ0n) is 11.9. The van der Waals surface area contributed by atoms with Gasteiger partial charge in [-0.05, 0) is 24.6 Å². The fourth-order valence-corrected chi connectivity index (χ4v) is 2.67. The summed E-state index contributed by atoms with van der Waals surface area (Å²) in [5.74, 6) is 0. The monoisotopic (exact) mass is 318 g/mol. The molecule has 0 aliphatic heterocycles. The maximum absolute atomic E-state index is 11.3. The Balaban J connectivity index is 2.44. The van der Waals surface area contributed by atoms with Gasteiger partial charge in [-0.1, -0.05) is 50.6 Å². The summed E-state index contributed by atoms with van der Waals surface area (Å²) in [5, 5.41) is 8.77. The average Bonchev–Trinajstić information content (AvgIpc) is 2.38. The molecule has 6 heteroatoms. The zero-order chi connectivity index (χ0) is 15.0. The highest BCUT2D eigenvalue weighted by Crippen LogP contribution is 2.24. The molecule has 0 saturated carbocycles. The molecule has 4 nitrogen and oxygen atoms in total. The van der Waals surface area contributed by atoms with Crippen molar-refractivity contribution in [3.63, 3.8) is 0 Å². The van der Waals surface area contributed by atoms with E-state index < -0.39 is 10.0 Å². The minimum Gasteiger partial charge on any atom is -0.384 e. The molecule has 0 atom stereocenters. The highest BCUT2D eigenvalue weighted by Gasteiger charge is 2.10. The number of halogens is 1. The van der Waals surface area contributed by atoms with Crippen molar-refractivity contribution < 1.29 is 8.42 Å². The molecule has 20 heavy (non-hydrogen) atoms. The smallest absolute Gasteiger partial charge is 0.238 e. The van der Waals surface area contributed by atoms with Crippen LogP contribution >= 0.6 is 11.6 Å². The molecule has 0 heterocycles. The first-order chi connectivity index (χ1) is 9.45. The van der Waals surface area contributed by atoms with Gasteiger partial charge in [-0.2, -0.15) is 0 Å². The minimum atomic E-state index is -3.69. The summed E-state index contributed by atoms with van der Waals surface area (Å²) in [6, 6.07) is 4.44. The molecule has 0 aliphatic rings. The molecule has 3 N–H and O–H groups in total. The lowest BCUT2D eigenvalue weighted by Crippen LogP contribution is -2.12. The van der Waals surface area contributed by atoms with Crippen LogP contribution < -0.4 is 10.5 Å². The van der Waals surface area contributed by atoms with Crippen LogP contribution in [0.1, 0.15) is 45.4 Å². The van der Waals surface area contributed by atoms with Gasteiger partial charge < -0.3 is 5.32 Å². The van der Waals surface area contributed by atoms with Gasteiger partial charge >= 0.3 is 0 Å². The Bertz CT molecular complexity index is 518. The van der Waals surface area contributed by atoms with Crippen LogP contribution in [0.4, 0.5) is 5.69 Å². The van der Waals surface area contributed by atoms with E-state index in [0.717, 1.165) is 13.0 Å². The molecule has 0 spiro atoms. The molecule has 0 fully saturated rings. The number of nitrogens with two attached hydrogens (primary N) is 1. The zero-order valence-corrected chi connectivity index (χ0v) is 13.4. The van der Waals surface area contributed by atoms with Crippen LogP contribution in [0.5, 0.6) is 0 Å². The van der Waals surface area contributed by atoms with Crippen LogP contribution in [0, 0.1) is 0 Å². The first-order valence-electron chi connectivity index (χ1n) is 7.01. The Hall–Kier alpha value is -0.780. The molecular formula is C14H23ClN2O2S. The van der Waals surface area contributed by atoms with E-state index >= 15 is 0 Å². The van der Waals surface area contributed by atoms with Crippen LogP contribution in [0.25, 0.3) is 0 Å². The third-order valence-corrected chi connectivity index (χ3v) is 4.35. The molecule has 0 aromatic heterocycles. The Kier molecular flexibility index (Phi) is 7.34. The van der Waals surface area contributed by atoms with E-state index in [2.05, 4.69) is 12.2 Å². The average molecular weight is 319 g/mol.